The van der Waals surface area contributed by atoms with Crippen LogP contribution < -0.4 is 9.46 Å². The average Bonchev–Trinajstić information content (AvgIpc) is 2.48. The zero-order chi connectivity index (χ0) is 19.3. The van der Waals surface area contributed by atoms with Gasteiger partial charge < -0.3 is 4.74 Å². The number of benzene rings is 1. The second-order valence-electron chi connectivity index (χ2n) is 6.74. The fourth-order valence-electron chi connectivity index (χ4n) is 2.54. The molecule has 0 fully saturated rings. The number of hydrogen-bond donors (Lipinski definition) is 1. The normalized spacial score (nSPS) is 14.1. The van der Waals surface area contributed by atoms with E-state index in [2.05, 4.69) is 27.7 Å². The van der Waals surface area contributed by atoms with Crippen molar-refractivity contribution in [3.8, 4) is 5.75 Å². The summed E-state index contributed by atoms with van der Waals surface area (Å²) in [7, 11) is -5.32. The summed E-state index contributed by atoms with van der Waals surface area (Å²) in [6.45, 7) is 8.05. The highest BCUT2D eigenvalue weighted by Crippen LogP contribution is 2.31. The monoisotopic (exact) mass is 381 g/mol. The van der Waals surface area contributed by atoms with E-state index in [1.165, 1.54) is 10.3 Å². The van der Waals surface area contributed by atoms with Crippen LogP contribution in [0.15, 0.2) is 24.3 Å². The third-order valence-corrected chi connectivity index (χ3v) is 5.00. The first-order valence-electron chi connectivity index (χ1n) is 8.22. The Hall–Kier alpha value is -1.28. The minimum Gasteiger partial charge on any atom is -0.492 e. The van der Waals surface area contributed by atoms with Crippen LogP contribution in [0.25, 0.3) is 0 Å². The number of halogens is 3. The van der Waals surface area contributed by atoms with E-state index in [-0.39, 0.29) is 6.61 Å². The van der Waals surface area contributed by atoms with Gasteiger partial charge in [-0.05, 0) is 41.9 Å². The van der Waals surface area contributed by atoms with E-state index >= 15 is 0 Å². The number of rotatable bonds is 9. The quantitative estimate of drug-likeness (QED) is 0.649. The molecule has 0 aliphatic rings. The van der Waals surface area contributed by atoms with Crippen molar-refractivity contribution in [2.75, 3.05) is 13.2 Å². The Morgan fingerprint density at radius 2 is 1.64 bits per heavy atom. The SMILES string of the molecule is CC(C)CC(c1ccc(OCCNS(=O)(=O)C(F)(F)F)cc1)C(C)C. The van der Waals surface area contributed by atoms with Gasteiger partial charge in [-0.3, -0.25) is 0 Å². The lowest BCUT2D eigenvalue weighted by molar-refractivity contribution is -0.0448. The molecule has 1 aromatic carbocycles. The second-order valence-corrected chi connectivity index (χ2v) is 8.50. The second kappa shape index (κ2) is 8.89. The zero-order valence-electron chi connectivity index (χ0n) is 14.9. The molecule has 0 spiro atoms. The maximum absolute atomic E-state index is 12.2. The van der Waals surface area contributed by atoms with Crippen molar-refractivity contribution in [2.24, 2.45) is 11.8 Å². The van der Waals surface area contributed by atoms with E-state index in [1.807, 2.05) is 12.1 Å². The summed E-state index contributed by atoms with van der Waals surface area (Å²) >= 11 is 0. The fraction of sp³-hybridized carbons (Fsp3) is 0.647. The number of alkyl halides is 3. The molecule has 1 rings (SSSR count). The molecule has 4 nitrogen and oxygen atoms in total. The van der Waals surface area contributed by atoms with Gasteiger partial charge in [0, 0.05) is 6.54 Å². The van der Waals surface area contributed by atoms with Crippen molar-refractivity contribution < 1.29 is 26.3 Å². The number of ether oxygens (including phenoxy) is 1. The number of nitrogens with one attached hydrogen (secondary N) is 1. The molecule has 8 heteroatoms. The van der Waals surface area contributed by atoms with Crippen molar-refractivity contribution in [3.63, 3.8) is 0 Å². The highest BCUT2D eigenvalue weighted by molar-refractivity contribution is 7.90. The van der Waals surface area contributed by atoms with E-state index in [0.29, 0.717) is 23.5 Å². The Morgan fingerprint density at radius 3 is 2.08 bits per heavy atom. The first kappa shape index (κ1) is 21.8. The summed E-state index contributed by atoms with van der Waals surface area (Å²) < 4.78 is 64.9. The van der Waals surface area contributed by atoms with Gasteiger partial charge in [0.2, 0.25) is 0 Å². The summed E-state index contributed by atoms with van der Waals surface area (Å²) in [5.74, 6) is 1.98. The summed E-state index contributed by atoms with van der Waals surface area (Å²) in [6, 6.07) is 7.40. The van der Waals surface area contributed by atoms with E-state index < -0.39 is 22.1 Å². The van der Waals surface area contributed by atoms with Crippen LogP contribution >= 0.6 is 0 Å². The molecule has 0 saturated heterocycles. The molecule has 1 unspecified atom stereocenters. The van der Waals surface area contributed by atoms with Crippen molar-refractivity contribution >= 4 is 10.0 Å². The van der Waals surface area contributed by atoms with Crippen LogP contribution in [-0.4, -0.2) is 27.1 Å². The fourth-order valence-corrected chi connectivity index (χ4v) is 3.05. The van der Waals surface area contributed by atoms with Gasteiger partial charge in [-0.25, -0.2) is 13.1 Å². The molecule has 0 saturated carbocycles. The van der Waals surface area contributed by atoms with Gasteiger partial charge >= 0.3 is 15.5 Å². The van der Waals surface area contributed by atoms with Gasteiger partial charge in [0.1, 0.15) is 12.4 Å². The van der Waals surface area contributed by atoms with Crippen molar-refractivity contribution in [2.45, 2.75) is 45.5 Å². The Bertz CT molecular complexity index is 626. The summed E-state index contributed by atoms with van der Waals surface area (Å²) in [6.07, 6.45) is 1.07. The van der Waals surface area contributed by atoms with Crippen LogP contribution in [-0.2, 0) is 10.0 Å². The summed E-state index contributed by atoms with van der Waals surface area (Å²) in [4.78, 5) is 0. The standard InChI is InChI=1S/C17H26F3NO3S/c1-12(2)11-16(13(3)4)14-5-7-15(8-6-14)24-10-9-21-25(22,23)17(18,19)20/h5-8,12-13,16,21H,9-11H2,1-4H3. The van der Waals surface area contributed by atoms with Crippen LogP contribution in [0.1, 0.15) is 45.6 Å². The predicted molar refractivity (Wildman–Crippen MR) is 91.9 cm³/mol. The first-order chi connectivity index (χ1) is 11.4. The molecule has 0 radical (unpaired) electrons. The minimum absolute atomic E-state index is 0.186. The van der Waals surface area contributed by atoms with Gasteiger partial charge in [-0.15, -0.1) is 0 Å². The van der Waals surface area contributed by atoms with E-state index in [9.17, 15) is 21.6 Å². The number of sulfonamides is 1. The lowest BCUT2D eigenvalue weighted by Crippen LogP contribution is -2.38. The topological polar surface area (TPSA) is 55.4 Å². The minimum atomic E-state index is -5.32. The molecule has 0 amide bonds. The van der Waals surface area contributed by atoms with Crippen LogP contribution in [0.2, 0.25) is 0 Å². The van der Waals surface area contributed by atoms with Crippen LogP contribution in [0.3, 0.4) is 0 Å². The molecule has 144 valence electrons. The molecule has 0 bridgehead atoms. The maximum atomic E-state index is 12.2. The maximum Gasteiger partial charge on any atom is 0.511 e. The van der Waals surface area contributed by atoms with Crippen LogP contribution in [0, 0.1) is 11.8 Å². The molecule has 25 heavy (non-hydrogen) atoms. The lowest BCUT2D eigenvalue weighted by Gasteiger charge is -2.23. The van der Waals surface area contributed by atoms with Crippen molar-refractivity contribution in [1.82, 2.24) is 4.72 Å². The largest absolute Gasteiger partial charge is 0.511 e. The highest BCUT2D eigenvalue weighted by Gasteiger charge is 2.45. The molecule has 0 heterocycles. The molecule has 1 N–H and O–H groups in total. The number of hydrogen-bond acceptors (Lipinski definition) is 3. The Labute approximate surface area is 147 Å². The third kappa shape index (κ3) is 6.86. The van der Waals surface area contributed by atoms with Crippen molar-refractivity contribution in [1.29, 1.82) is 0 Å². The predicted octanol–water partition coefficient (Wildman–Crippen LogP) is 4.29. The van der Waals surface area contributed by atoms with Gasteiger partial charge in [0.15, 0.2) is 0 Å². The Kier molecular flexibility index (Phi) is 7.74. The Balaban J connectivity index is 2.57. The molecule has 0 aliphatic heterocycles. The first-order valence-corrected chi connectivity index (χ1v) is 9.71. The average molecular weight is 381 g/mol. The molecular formula is C17H26F3NO3S. The van der Waals surface area contributed by atoms with Gasteiger partial charge in [-0.1, -0.05) is 39.8 Å². The Morgan fingerprint density at radius 1 is 1.08 bits per heavy atom. The van der Waals surface area contributed by atoms with E-state index in [1.54, 1.807) is 12.1 Å². The van der Waals surface area contributed by atoms with Crippen LogP contribution in [0.5, 0.6) is 5.75 Å². The smallest absolute Gasteiger partial charge is 0.492 e. The molecule has 0 aromatic heterocycles. The lowest BCUT2D eigenvalue weighted by atomic mass is 9.82. The summed E-state index contributed by atoms with van der Waals surface area (Å²) in [5.41, 5.74) is -4.12. The van der Waals surface area contributed by atoms with Crippen LogP contribution in [0.4, 0.5) is 13.2 Å². The van der Waals surface area contributed by atoms with Gasteiger partial charge in [0.25, 0.3) is 0 Å². The summed E-state index contributed by atoms with van der Waals surface area (Å²) in [5, 5.41) is 0. The van der Waals surface area contributed by atoms with Gasteiger partial charge in [0.05, 0.1) is 0 Å². The van der Waals surface area contributed by atoms with Gasteiger partial charge in [-0.2, -0.15) is 13.2 Å². The van der Waals surface area contributed by atoms with Crippen molar-refractivity contribution in [3.05, 3.63) is 29.8 Å². The third-order valence-electron chi connectivity index (χ3n) is 3.81. The molecular weight excluding hydrogens is 355 g/mol. The highest BCUT2D eigenvalue weighted by atomic mass is 32.2. The zero-order valence-corrected chi connectivity index (χ0v) is 15.7. The van der Waals surface area contributed by atoms with E-state index in [4.69, 9.17) is 4.74 Å². The molecule has 0 aliphatic carbocycles. The van der Waals surface area contributed by atoms with E-state index in [0.717, 1.165) is 6.42 Å². The molecule has 1 aromatic rings. The molecule has 1 atom stereocenters.